The van der Waals surface area contributed by atoms with Crippen LogP contribution in [0.15, 0.2) is 30.3 Å². The van der Waals surface area contributed by atoms with Gasteiger partial charge in [0.15, 0.2) is 0 Å². The molecule has 2 rings (SSSR count). The lowest BCUT2D eigenvalue weighted by Crippen LogP contribution is -2.47. The maximum Gasteiger partial charge on any atom is 0.265 e. The van der Waals surface area contributed by atoms with Crippen molar-refractivity contribution in [2.24, 2.45) is 5.84 Å². The number of hydrazine groups is 1. The zero-order chi connectivity index (χ0) is 14.0. The number of ether oxygens (including phenoxy) is 1. The van der Waals surface area contributed by atoms with Crippen LogP contribution in [0.1, 0.15) is 37.5 Å². The predicted octanol–water partition coefficient (Wildman–Crippen LogP) is 2.50. The van der Waals surface area contributed by atoms with Crippen LogP contribution in [0.3, 0.4) is 0 Å². The number of benzene rings is 1. The number of nitrogens with one attached hydrogen (secondary N) is 1. The maximum atomic E-state index is 11.7. The molecule has 0 saturated heterocycles. The minimum Gasteiger partial charge on any atom is -0.357 e. The van der Waals surface area contributed by atoms with Crippen LogP contribution in [0.25, 0.3) is 5.03 Å². The van der Waals surface area contributed by atoms with Crippen LogP contribution >= 0.6 is 11.6 Å². The van der Waals surface area contributed by atoms with E-state index in [1.54, 1.807) is 13.8 Å². The first-order valence-electron chi connectivity index (χ1n) is 6.09. The molecule has 0 spiro atoms. The third-order valence-corrected chi connectivity index (χ3v) is 3.55. The Morgan fingerprint density at radius 2 is 2.16 bits per heavy atom. The van der Waals surface area contributed by atoms with Gasteiger partial charge in [-0.15, -0.1) is 0 Å². The van der Waals surface area contributed by atoms with E-state index < -0.39 is 5.60 Å². The summed E-state index contributed by atoms with van der Waals surface area (Å²) in [5, 5.41) is 0.719. The Kier molecular flexibility index (Phi) is 3.94. The van der Waals surface area contributed by atoms with E-state index >= 15 is 0 Å². The lowest BCUT2D eigenvalue weighted by molar-refractivity contribution is -0.150. The molecular weight excluding hydrogens is 264 g/mol. The molecule has 0 fully saturated rings. The van der Waals surface area contributed by atoms with Gasteiger partial charge < -0.3 is 4.74 Å². The van der Waals surface area contributed by atoms with E-state index in [1.165, 1.54) is 0 Å². The van der Waals surface area contributed by atoms with Gasteiger partial charge in [-0.3, -0.25) is 10.2 Å². The third-order valence-electron chi connectivity index (χ3n) is 3.19. The molecule has 19 heavy (non-hydrogen) atoms. The molecule has 0 aromatic heterocycles. The monoisotopic (exact) mass is 280 g/mol. The molecule has 0 aliphatic heterocycles. The highest BCUT2D eigenvalue weighted by atomic mass is 35.5. The summed E-state index contributed by atoms with van der Waals surface area (Å²) >= 11 is 6.18. The highest BCUT2D eigenvalue weighted by Gasteiger charge is 2.33. The normalized spacial score (nSPS) is 18.5. The van der Waals surface area contributed by atoms with Gasteiger partial charge in [0.2, 0.25) is 0 Å². The summed E-state index contributed by atoms with van der Waals surface area (Å²) in [4.78, 5) is 11.7. The lowest BCUT2D eigenvalue weighted by Gasteiger charge is -2.31. The van der Waals surface area contributed by atoms with Crippen LogP contribution in [-0.2, 0) is 9.53 Å². The fraction of sp³-hybridized carbons (Fsp3) is 0.357. The lowest BCUT2D eigenvalue weighted by atomic mass is 9.94. The zero-order valence-electron chi connectivity index (χ0n) is 10.9. The molecule has 4 nitrogen and oxygen atoms in total. The fourth-order valence-electron chi connectivity index (χ4n) is 2.14. The third kappa shape index (κ3) is 2.81. The van der Waals surface area contributed by atoms with E-state index in [0.717, 1.165) is 16.2 Å². The molecule has 1 aromatic carbocycles. The van der Waals surface area contributed by atoms with Crippen molar-refractivity contribution >= 4 is 22.5 Å². The van der Waals surface area contributed by atoms with Crippen LogP contribution < -0.4 is 11.3 Å². The molecular formula is C14H17ClN2O2. The molecule has 0 radical (unpaired) electrons. The topological polar surface area (TPSA) is 64.3 Å². The molecule has 1 unspecified atom stereocenters. The van der Waals surface area contributed by atoms with E-state index in [9.17, 15) is 4.79 Å². The second-order valence-corrected chi connectivity index (χ2v) is 5.37. The second-order valence-electron chi connectivity index (χ2n) is 4.97. The maximum absolute atomic E-state index is 11.7. The number of rotatable bonds is 3. The first-order chi connectivity index (χ1) is 8.95. The number of hydrogen-bond donors (Lipinski definition) is 2. The molecule has 1 aliphatic rings. The van der Waals surface area contributed by atoms with E-state index in [-0.39, 0.29) is 12.0 Å². The number of hydrogen-bond acceptors (Lipinski definition) is 3. The Labute approximate surface area is 117 Å². The van der Waals surface area contributed by atoms with Gasteiger partial charge >= 0.3 is 0 Å². The molecule has 0 saturated carbocycles. The van der Waals surface area contributed by atoms with Gasteiger partial charge in [0.25, 0.3) is 5.91 Å². The van der Waals surface area contributed by atoms with Crippen molar-refractivity contribution in [1.82, 2.24) is 5.43 Å². The predicted molar refractivity (Wildman–Crippen MR) is 75.1 cm³/mol. The van der Waals surface area contributed by atoms with Crippen molar-refractivity contribution in [3.8, 4) is 0 Å². The average Bonchev–Trinajstić information content (AvgIpc) is 2.41. The fourth-order valence-corrected chi connectivity index (χ4v) is 2.40. The first-order valence-corrected chi connectivity index (χ1v) is 6.47. The van der Waals surface area contributed by atoms with E-state index in [2.05, 4.69) is 5.43 Å². The molecule has 5 heteroatoms. The number of amides is 1. The van der Waals surface area contributed by atoms with E-state index in [1.807, 2.05) is 30.3 Å². The Bertz CT molecular complexity index is 526. The smallest absolute Gasteiger partial charge is 0.265 e. The number of halogens is 1. The molecule has 1 atom stereocenters. The summed E-state index contributed by atoms with van der Waals surface area (Å²) in [6, 6.07) is 7.77. The summed E-state index contributed by atoms with van der Waals surface area (Å²) in [7, 11) is 0. The van der Waals surface area contributed by atoms with Crippen LogP contribution in [-0.4, -0.2) is 11.5 Å². The van der Waals surface area contributed by atoms with Crippen LogP contribution in [0.5, 0.6) is 0 Å². The Morgan fingerprint density at radius 1 is 1.47 bits per heavy atom. The molecule has 102 valence electrons. The van der Waals surface area contributed by atoms with Crippen LogP contribution in [0.2, 0.25) is 0 Å². The van der Waals surface area contributed by atoms with Crippen molar-refractivity contribution in [2.75, 3.05) is 0 Å². The largest absolute Gasteiger partial charge is 0.357 e. The highest BCUT2D eigenvalue weighted by Crippen LogP contribution is 2.38. The zero-order valence-corrected chi connectivity index (χ0v) is 11.7. The standard InChI is InChI=1S/C14H17ClN2O2/c1-14(2,13(18)17-16)19-12-8-7-11(15)9-5-3-4-6-10(9)12/h3-7,12H,8,16H2,1-2H3,(H,17,18). The van der Waals surface area contributed by atoms with Gasteiger partial charge in [0.05, 0.1) is 6.10 Å². The van der Waals surface area contributed by atoms with Gasteiger partial charge in [0.1, 0.15) is 5.60 Å². The Hall–Kier alpha value is -1.36. The van der Waals surface area contributed by atoms with Crippen molar-refractivity contribution in [3.05, 3.63) is 41.5 Å². The minimum absolute atomic E-state index is 0.203. The van der Waals surface area contributed by atoms with Crippen LogP contribution in [0.4, 0.5) is 0 Å². The SMILES string of the molecule is CC(C)(OC1CC=C(Cl)c2ccccc21)C(=O)NN. The molecule has 1 aromatic rings. The number of carbonyl (C=O) groups is 1. The number of carbonyl (C=O) groups excluding carboxylic acids is 1. The van der Waals surface area contributed by atoms with Gasteiger partial charge in [-0.1, -0.05) is 41.9 Å². The highest BCUT2D eigenvalue weighted by molar-refractivity contribution is 6.49. The van der Waals surface area contributed by atoms with Crippen molar-refractivity contribution in [1.29, 1.82) is 0 Å². The average molecular weight is 281 g/mol. The van der Waals surface area contributed by atoms with Gasteiger partial charge in [0, 0.05) is 5.03 Å². The summed E-state index contributed by atoms with van der Waals surface area (Å²) in [6.45, 7) is 3.38. The number of nitrogens with two attached hydrogens (primary N) is 1. The second kappa shape index (κ2) is 5.33. The summed E-state index contributed by atoms with van der Waals surface area (Å²) < 4.78 is 5.91. The summed E-state index contributed by atoms with van der Waals surface area (Å²) in [5.74, 6) is 4.81. The van der Waals surface area contributed by atoms with Crippen molar-refractivity contribution in [3.63, 3.8) is 0 Å². The quantitative estimate of drug-likeness (QED) is 0.508. The summed E-state index contributed by atoms with van der Waals surface area (Å²) in [6.07, 6.45) is 2.34. The van der Waals surface area contributed by atoms with Gasteiger partial charge in [-0.05, 0) is 31.4 Å². The van der Waals surface area contributed by atoms with Gasteiger partial charge in [-0.2, -0.15) is 0 Å². The molecule has 3 N–H and O–H groups in total. The molecule has 1 amide bonds. The Morgan fingerprint density at radius 3 is 2.84 bits per heavy atom. The minimum atomic E-state index is -0.996. The van der Waals surface area contributed by atoms with E-state index in [0.29, 0.717) is 6.42 Å². The molecule has 1 aliphatic carbocycles. The molecule has 0 heterocycles. The van der Waals surface area contributed by atoms with Crippen LogP contribution in [0, 0.1) is 0 Å². The van der Waals surface area contributed by atoms with Crippen molar-refractivity contribution in [2.45, 2.75) is 32.0 Å². The Balaban J connectivity index is 2.27. The van der Waals surface area contributed by atoms with Gasteiger partial charge in [-0.25, -0.2) is 5.84 Å². The number of fused-ring (bicyclic) bond motifs is 1. The van der Waals surface area contributed by atoms with Crippen molar-refractivity contribution < 1.29 is 9.53 Å². The summed E-state index contributed by atoms with van der Waals surface area (Å²) in [5.41, 5.74) is 3.07. The molecule has 0 bridgehead atoms. The first kappa shape index (κ1) is 14.1. The van der Waals surface area contributed by atoms with E-state index in [4.69, 9.17) is 22.2 Å².